The van der Waals surface area contributed by atoms with E-state index in [9.17, 15) is 0 Å². The minimum absolute atomic E-state index is 0.331. The molecule has 1 aliphatic carbocycles. The maximum atomic E-state index is 5.87. The molecule has 0 radical (unpaired) electrons. The summed E-state index contributed by atoms with van der Waals surface area (Å²) in [6, 6.07) is 0.331. The summed E-state index contributed by atoms with van der Waals surface area (Å²) in [5.41, 5.74) is 0. The molecule has 0 aromatic carbocycles. The van der Waals surface area contributed by atoms with Gasteiger partial charge in [0.2, 0.25) is 0 Å². The smallest absolute Gasteiger partial charge is 0.0869 e. The van der Waals surface area contributed by atoms with Crippen LogP contribution in [0.1, 0.15) is 13.3 Å². The Morgan fingerprint density at radius 3 is 3.27 bits per heavy atom. The van der Waals surface area contributed by atoms with Crippen molar-refractivity contribution in [3.8, 4) is 0 Å². The van der Waals surface area contributed by atoms with E-state index in [1.54, 1.807) is 11.8 Å². The van der Waals surface area contributed by atoms with Crippen LogP contribution < -0.4 is 0 Å². The van der Waals surface area contributed by atoms with Crippen molar-refractivity contribution in [2.24, 2.45) is 4.99 Å². The Balaban J connectivity index is 2.27. The summed E-state index contributed by atoms with van der Waals surface area (Å²) < 4.78 is 0. The van der Waals surface area contributed by atoms with Gasteiger partial charge in [0.1, 0.15) is 0 Å². The zero-order chi connectivity index (χ0) is 7.84. The van der Waals surface area contributed by atoms with Crippen LogP contribution in [0.3, 0.4) is 0 Å². The molecule has 1 heterocycles. The molecular formula is C8H8ClNS. The van der Waals surface area contributed by atoms with Crippen LogP contribution in [0.2, 0.25) is 0 Å². The molecule has 0 saturated carbocycles. The third kappa shape index (κ3) is 1.37. The lowest BCUT2D eigenvalue weighted by Gasteiger charge is -2.11. The summed E-state index contributed by atoms with van der Waals surface area (Å²) in [4.78, 5) is 5.79. The molecule has 0 aromatic heterocycles. The predicted octanol–water partition coefficient (Wildman–Crippen LogP) is 2.93. The third-order valence-electron chi connectivity index (χ3n) is 1.75. The third-order valence-corrected chi connectivity index (χ3v) is 3.07. The van der Waals surface area contributed by atoms with E-state index < -0.39 is 0 Å². The summed E-state index contributed by atoms with van der Waals surface area (Å²) in [7, 11) is 0. The largest absolute Gasteiger partial charge is 0.274 e. The summed E-state index contributed by atoms with van der Waals surface area (Å²) in [5.74, 6) is 0. The molecule has 1 unspecified atom stereocenters. The van der Waals surface area contributed by atoms with Gasteiger partial charge in [0.15, 0.2) is 0 Å². The van der Waals surface area contributed by atoms with Crippen LogP contribution >= 0.6 is 23.4 Å². The summed E-state index contributed by atoms with van der Waals surface area (Å²) >= 11 is 7.63. The number of allylic oxidation sites excluding steroid dienone is 2. The van der Waals surface area contributed by atoms with Gasteiger partial charge < -0.3 is 0 Å². The monoisotopic (exact) mass is 185 g/mol. The van der Waals surface area contributed by atoms with Crippen molar-refractivity contribution in [3.63, 3.8) is 0 Å². The van der Waals surface area contributed by atoms with Crippen LogP contribution in [0.25, 0.3) is 0 Å². The molecule has 0 aromatic rings. The molecule has 0 fully saturated rings. The second-order valence-electron chi connectivity index (χ2n) is 2.65. The molecule has 1 nitrogen and oxygen atoms in total. The van der Waals surface area contributed by atoms with Gasteiger partial charge >= 0.3 is 0 Å². The minimum atomic E-state index is 0.331. The van der Waals surface area contributed by atoms with Crippen molar-refractivity contribution >= 4 is 28.4 Å². The molecule has 58 valence electrons. The highest BCUT2D eigenvalue weighted by molar-refractivity contribution is 8.17. The Morgan fingerprint density at radius 1 is 1.64 bits per heavy atom. The number of rotatable bonds is 0. The molecule has 2 rings (SSSR count). The first-order valence-electron chi connectivity index (χ1n) is 3.54. The lowest BCUT2D eigenvalue weighted by atomic mass is 10.1. The Kier molecular flexibility index (Phi) is 1.81. The Labute approximate surface area is 75.2 Å². The highest BCUT2D eigenvalue weighted by Gasteiger charge is 2.24. The van der Waals surface area contributed by atoms with Crippen LogP contribution in [0.15, 0.2) is 27.1 Å². The van der Waals surface area contributed by atoms with Gasteiger partial charge in [-0.3, -0.25) is 4.99 Å². The molecule has 3 heteroatoms. The number of hydrogen-bond donors (Lipinski definition) is 0. The topological polar surface area (TPSA) is 12.4 Å². The maximum absolute atomic E-state index is 5.87. The van der Waals surface area contributed by atoms with Crippen LogP contribution in [0, 0.1) is 0 Å². The summed E-state index contributed by atoms with van der Waals surface area (Å²) in [6.45, 7) is 2.04. The average Bonchev–Trinajstić information content (AvgIpc) is 2.27. The van der Waals surface area contributed by atoms with Crippen molar-refractivity contribution in [2.75, 3.05) is 0 Å². The first-order chi connectivity index (χ1) is 5.25. The molecule has 0 saturated heterocycles. The molecule has 0 amide bonds. The van der Waals surface area contributed by atoms with Crippen LogP contribution in [0.5, 0.6) is 0 Å². The number of thioether (sulfide) groups is 1. The van der Waals surface area contributed by atoms with Crippen molar-refractivity contribution in [3.05, 3.63) is 22.1 Å². The normalized spacial score (nSPS) is 28.9. The standard InChI is InChI=1S/C8H8ClNS/c1-5-10-7-4-6(9)2-3-8(7)11-5/h2-3,7H,4H2,1H3. The van der Waals surface area contributed by atoms with E-state index in [1.807, 2.05) is 13.0 Å². The van der Waals surface area contributed by atoms with E-state index in [1.165, 1.54) is 4.91 Å². The molecule has 1 aliphatic heterocycles. The SMILES string of the molecule is CC1=NC2CC(Cl)=CC=C2S1. The zero-order valence-electron chi connectivity index (χ0n) is 6.17. The second kappa shape index (κ2) is 2.68. The first-order valence-corrected chi connectivity index (χ1v) is 4.73. The van der Waals surface area contributed by atoms with E-state index in [4.69, 9.17) is 11.6 Å². The number of hydrogen-bond acceptors (Lipinski definition) is 2. The number of halogens is 1. The van der Waals surface area contributed by atoms with Crippen molar-refractivity contribution in [2.45, 2.75) is 19.4 Å². The van der Waals surface area contributed by atoms with E-state index in [-0.39, 0.29) is 0 Å². The quantitative estimate of drug-likeness (QED) is 0.565. The average molecular weight is 186 g/mol. The molecule has 0 spiro atoms. The number of nitrogens with zero attached hydrogens (tertiary/aromatic N) is 1. The summed E-state index contributed by atoms with van der Waals surface area (Å²) in [6.07, 6.45) is 4.92. The molecule has 0 N–H and O–H groups in total. The van der Waals surface area contributed by atoms with E-state index >= 15 is 0 Å². The molecule has 1 atom stereocenters. The van der Waals surface area contributed by atoms with Crippen LogP contribution in [0.4, 0.5) is 0 Å². The van der Waals surface area contributed by atoms with Gasteiger partial charge in [0.05, 0.1) is 11.1 Å². The lowest BCUT2D eigenvalue weighted by Crippen LogP contribution is -2.04. The van der Waals surface area contributed by atoms with Gasteiger partial charge in [0.25, 0.3) is 0 Å². The lowest BCUT2D eigenvalue weighted by molar-refractivity contribution is 0.816. The van der Waals surface area contributed by atoms with Crippen molar-refractivity contribution < 1.29 is 0 Å². The zero-order valence-corrected chi connectivity index (χ0v) is 7.75. The fourth-order valence-electron chi connectivity index (χ4n) is 1.26. The minimum Gasteiger partial charge on any atom is -0.274 e. The van der Waals surface area contributed by atoms with Gasteiger partial charge in [-0.1, -0.05) is 23.4 Å². The number of fused-ring (bicyclic) bond motifs is 1. The van der Waals surface area contributed by atoms with Gasteiger partial charge in [-0.25, -0.2) is 0 Å². The van der Waals surface area contributed by atoms with Gasteiger partial charge in [-0.2, -0.15) is 0 Å². The predicted molar refractivity (Wildman–Crippen MR) is 51.1 cm³/mol. The van der Waals surface area contributed by atoms with Crippen molar-refractivity contribution in [1.82, 2.24) is 0 Å². The van der Waals surface area contributed by atoms with E-state index in [0.29, 0.717) is 6.04 Å². The van der Waals surface area contributed by atoms with E-state index in [2.05, 4.69) is 11.1 Å². The maximum Gasteiger partial charge on any atom is 0.0869 e. The van der Waals surface area contributed by atoms with Crippen LogP contribution in [-0.4, -0.2) is 11.1 Å². The van der Waals surface area contributed by atoms with Crippen molar-refractivity contribution in [1.29, 1.82) is 0 Å². The Bertz CT molecular complexity index is 278. The second-order valence-corrected chi connectivity index (χ2v) is 4.40. The number of aliphatic imine (C=N–C) groups is 1. The van der Waals surface area contributed by atoms with Crippen LogP contribution in [-0.2, 0) is 0 Å². The van der Waals surface area contributed by atoms with Gasteiger partial charge in [0, 0.05) is 16.4 Å². The fraction of sp³-hybridized carbons (Fsp3) is 0.375. The van der Waals surface area contributed by atoms with E-state index in [0.717, 1.165) is 16.5 Å². The summed E-state index contributed by atoms with van der Waals surface area (Å²) in [5, 5.41) is 2.07. The highest BCUT2D eigenvalue weighted by Crippen LogP contribution is 2.37. The Hall–Kier alpha value is -0.210. The first kappa shape index (κ1) is 7.44. The highest BCUT2D eigenvalue weighted by atomic mass is 35.5. The molecule has 11 heavy (non-hydrogen) atoms. The van der Waals surface area contributed by atoms with Gasteiger partial charge in [-0.05, 0) is 19.1 Å². The molecule has 2 aliphatic rings. The van der Waals surface area contributed by atoms with Gasteiger partial charge in [-0.15, -0.1) is 0 Å². The Morgan fingerprint density at radius 2 is 2.45 bits per heavy atom. The molecular weight excluding hydrogens is 178 g/mol. The fourth-order valence-corrected chi connectivity index (χ4v) is 2.40. The molecule has 0 bridgehead atoms.